The Morgan fingerprint density at radius 2 is 1.80 bits per heavy atom. The van der Waals surface area contributed by atoms with E-state index in [2.05, 4.69) is 17.1 Å². The van der Waals surface area contributed by atoms with E-state index in [-0.39, 0.29) is 6.10 Å². The van der Waals surface area contributed by atoms with Gasteiger partial charge in [-0.05, 0) is 19.8 Å². The van der Waals surface area contributed by atoms with Crippen molar-refractivity contribution in [1.29, 1.82) is 0 Å². The van der Waals surface area contributed by atoms with Gasteiger partial charge in [-0.1, -0.05) is 26.2 Å². The maximum atomic E-state index is 9.72. The number of aliphatic hydroxyl groups excluding tert-OH is 1. The molecule has 0 aliphatic rings. The first-order chi connectivity index (χ1) is 9.34. The summed E-state index contributed by atoms with van der Waals surface area (Å²) in [5, 5.41) is 26.5. The average molecular weight is 293 g/mol. The molecule has 0 bridgehead atoms. The number of aliphatic hydroxyl groups is 1. The molecule has 8 nitrogen and oxygen atoms in total. The molecule has 0 heterocycles. The third-order valence-electron chi connectivity index (χ3n) is 2.34. The lowest BCUT2D eigenvalue weighted by Crippen LogP contribution is -2.22. The van der Waals surface area contributed by atoms with Gasteiger partial charge in [0, 0.05) is 0 Å². The highest BCUT2D eigenvalue weighted by Gasteiger charge is 2.16. The fraction of sp³-hybridized carbons (Fsp3) is 0.833. The quantitative estimate of drug-likeness (QED) is 0.318. The van der Waals surface area contributed by atoms with Crippen LogP contribution >= 0.6 is 0 Å². The van der Waals surface area contributed by atoms with Crippen molar-refractivity contribution in [2.24, 2.45) is 5.34 Å². The summed E-state index contributed by atoms with van der Waals surface area (Å²) < 4.78 is 0. The van der Waals surface area contributed by atoms with E-state index >= 15 is 0 Å². The van der Waals surface area contributed by atoms with Crippen LogP contribution in [-0.2, 0) is 14.4 Å². The summed E-state index contributed by atoms with van der Waals surface area (Å²) in [5.74, 6) is -2.85. The first-order valence-electron chi connectivity index (χ1n) is 6.46. The number of rotatable bonds is 10. The average Bonchev–Trinajstić information content (AvgIpc) is 2.35. The summed E-state index contributed by atoms with van der Waals surface area (Å²) in [6, 6.07) is 0. The molecule has 0 rings (SSSR count). The Morgan fingerprint density at radius 3 is 2.15 bits per heavy atom. The van der Waals surface area contributed by atoms with Gasteiger partial charge in [0.05, 0.1) is 6.42 Å². The topological polar surface area (TPSA) is 133 Å². The van der Waals surface area contributed by atoms with Crippen LogP contribution < -0.4 is 0 Å². The van der Waals surface area contributed by atoms with Crippen LogP contribution in [0, 0.1) is 4.91 Å². The normalized spacial score (nSPS) is 12.6. The van der Waals surface area contributed by atoms with Crippen molar-refractivity contribution < 1.29 is 29.7 Å². The fourth-order valence-corrected chi connectivity index (χ4v) is 1.24. The summed E-state index contributed by atoms with van der Waals surface area (Å²) in [5.41, 5.74) is 0. The van der Waals surface area contributed by atoms with E-state index in [4.69, 9.17) is 15.3 Å². The molecule has 0 aromatic heterocycles. The van der Waals surface area contributed by atoms with E-state index in [1.807, 2.05) is 6.92 Å². The lowest BCUT2D eigenvalue weighted by molar-refractivity contribution is -0.152. The second-order valence-corrected chi connectivity index (χ2v) is 4.29. The van der Waals surface area contributed by atoms with Crippen LogP contribution in [-0.4, -0.2) is 39.5 Å². The number of carbonyl (C=O) groups is 2. The zero-order valence-electron chi connectivity index (χ0n) is 11.8. The van der Waals surface area contributed by atoms with Crippen LogP contribution in [0.25, 0.3) is 0 Å². The SMILES string of the molecule is CCCCCCC(C)ON=O.O=C(O)CC(O)C(=O)O. The molecule has 2 atom stereocenters. The molecule has 2 unspecified atom stereocenters. The lowest BCUT2D eigenvalue weighted by Gasteiger charge is -2.05. The third kappa shape index (κ3) is 16.3. The molecule has 3 N–H and O–H groups in total. The monoisotopic (exact) mass is 293 g/mol. The summed E-state index contributed by atoms with van der Waals surface area (Å²) in [4.78, 5) is 33.5. The summed E-state index contributed by atoms with van der Waals surface area (Å²) in [7, 11) is 0. The molecule has 0 aromatic carbocycles. The van der Waals surface area contributed by atoms with Crippen LogP contribution in [0.2, 0.25) is 0 Å². The van der Waals surface area contributed by atoms with Crippen molar-refractivity contribution in [2.45, 2.75) is 64.6 Å². The minimum atomic E-state index is -1.79. The Morgan fingerprint density at radius 1 is 1.20 bits per heavy atom. The third-order valence-corrected chi connectivity index (χ3v) is 2.34. The predicted octanol–water partition coefficient (Wildman–Crippen LogP) is 1.95. The van der Waals surface area contributed by atoms with Gasteiger partial charge in [0.2, 0.25) is 0 Å². The Kier molecular flexibility index (Phi) is 14.1. The van der Waals surface area contributed by atoms with E-state index in [0.717, 1.165) is 12.8 Å². The predicted molar refractivity (Wildman–Crippen MR) is 71.0 cm³/mol. The summed E-state index contributed by atoms with van der Waals surface area (Å²) in [6.45, 7) is 4.04. The number of nitrogens with zero attached hydrogens (tertiary/aromatic N) is 1. The number of carboxylic acids is 2. The van der Waals surface area contributed by atoms with Gasteiger partial charge in [-0.3, -0.25) is 4.79 Å². The van der Waals surface area contributed by atoms with Crippen molar-refractivity contribution in [3.63, 3.8) is 0 Å². The van der Waals surface area contributed by atoms with Gasteiger partial charge >= 0.3 is 11.9 Å². The van der Waals surface area contributed by atoms with Crippen LogP contribution in [0.3, 0.4) is 0 Å². The van der Waals surface area contributed by atoms with E-state index in [1.54, 1.807) is 0 Å². The highest BCUT2D eigenvalue weighted by Crippen LogP contribution is 2.07. The molecular weight excluding hydrogens is 270 g/mol. The molecule has 0 amide bonds. The largest absolute Gasteiger partial charge is 0.481 e. The zero-order chi connectivity index (χ0) is 16.0. The molecule has 0 fully saturated rings. The van der Waals surface area contributed by atoms with Crippen molar-refractivity contribution >= 4 is 11.9 Å². The number of unbranched alkanes of at least 4 members (excludes halogenated alkanes) is 3. The van der Waals surface area contributed by atoms with Gasteiger partial charge in [0.25, 0.3) is 0 Å². The second kappa shape index (κ2) is 13.7. The molecule has 0 spiro atoms. The second-order valence-electron chi connectivity index (χ2n) is 4.29. The standard InChI is InChI=1S/C8H17NO2.C4H6O5/c1-3-4-5-6-7-8(2)11-9-10;5-2(4(8)9)1-3(6)7/h8H,3-7H2,1-2H3;2,5H,1H2,(H,6,7)(H,8,9). The smallest absolute Gasteiger partial charge is 0.333 e. The lowest BCUT2D eigenvalue weighted by atomic mass is 10.1. The molecule has 0 aliphatic carbocycles. The van der Waals surface area contributed by atoms with Crippen LogP contribution in [0.4, 0.5) is 0 Å². The molecule has 8 heteroatoms. The molecule has 0 saturated heterocycles. The van der Waals surface area contributed by atoms with Gasteiger partial charge in [-0.25, -0.2) is 4.79 Å². The van der Waals surface area contributed by atoms with E-state index in [9.17, 15) is 14.5 Å². The Hall–Kier alpha value is -1.70. The molecule has 0 saturated carbocycles. The van der Waals surface area contributed by atoms with Gasteiger partial charge in [0.15, 0.2) is 11.4 Å². The van der Waals surface area contributed by atoms with Gasteiger partial charge in [0.1, 0.15) is 6.10 Å². The van der Waals surface area contributed by atoms with Crippen molar-refractivity contribution in [3.8, 4) is 0 Å². The maximum absolute atomic E-state index is 9.72. The van der Waals surface area contributed by atoms with Crippen LogP contribution in [0.1, 0.15) is 52.4 Å². The Labute approximate surface area is 117 Å². The number of carboxylic acid groups (broad SMARTS) is 2. The van der Waals surface area contributed by atoms with E-state index < -0.39 is 24.5 Å². The van der Waals surface area contributed by atoms with Gasteiger partial charge in [-0.15, -0.1) is 4.91 Å². The summed E-state index contributed by atoms with van der Waals surface area (Å²) >= 11 is 0. The number of hydrogen-bond acceptors (Lipinski definition) is 6. The fourth-order valence-electron chi connectivity index (χ4n) is 1.24. The highest BCUT2D eigenvalue weighted by molar-refractivity contribution is 5.79. The molecule has 0 radical (unpaired) electrons. The highest BCUT2D eigenvalue weighted by atomic mass is 16.7. The summed E-state index contributed by atoms with van der Waals surface area (Å²) in [6.07, 6.45) is 3.24. The Bertz CT molecular complexity index is 283. The molecule has 20 heavy (non-hydrogen) atoms. The van der Waals surface area contributed by atoms with Crippen LogP contribution in [0.5, 0.6) is 0 Å². The Balaban J connectivity index is 0. The van der Waals surface area contributed by atoms with Crippen molar-refractivity contribution in [1.82, 2.24) is 0 Å². The minimum Gasteiger partial charge on any atom is -0.481 e. The van der Waals surface area contributed by atoms with Gasteiger partial charge < -0.3 is 20.2 Å². The first kappa shape index (κ1) is 20.6. The van der Waals surface area contributed by atoms with Crippen molar-refractivity contribution in [3.05, 3.63) is 4.91 Å². The van der Waals surface area contributed by atoms with Gasteiger partial charge in [-0.2, -0.15) is 0 Å². The van der Waals surface area contributed by atoms with Crippen molar-refractivity contribution in [2.75, 3.05) is 0 Å². The maximum Gasteiger partial charge on any atom is 0.333 e. The molecule has 0 aromatic rings. The zero-order valence-corrected chi connectivity index (χ0v) is 11.8. The van der Waals surface area contributed by atoms with Crippen LogP contribution in [0.15, 0.2) is 5.34 Å². The van der Waals surface area contributed by atoms with E-state index in [0.29, 0.717) is 0 Å². The molecule has 0 aliphatic heterocycles. The molecular formula is C12H23NO7. The minimum absolute atomic E-state index is 0.00986. The number of hydrogen-bond donors (Lipinski definition) is 3. The first-order valence-corrected chi connectivity index (χ1v) is 6.46. The molecule has 118 valence electrons. The van der Waals surface area contributed by atoms with E-state index in [1.165, 1.54) is 19.3 Å². The number of aliphatic carboxylic acids is 2.